The van der Waals surface area contributed by atoms with E-state index in [-0.39, 0.29) is 12.0 Å². The lowest BCUT2D eigenvalue weighted by atomic mass is 10.00. The van der Waals surface area contributed by atoms with Crippen molar-refractivity contribution in [3.05, 3.63) is 29.8 Å². The Morgan fingerprint density at radius 3 is 2.53 bits per heavy atom. The number of anilines is 1. The lowest BCUT2D eigenvalue weighted by Gasteiger charge is -2.26. The van der Waals surface area contributed by atoms with Gasteiger partial charge >= 0.3 is 6.09 Å². The van der Waals surface area contributed by atoms with Gasteiger partial charge in [0.25, 0.3) is 0 Å². The summed E-state index contributed by atoms with van der Waals surface area (Å²) in [4.78, 5) is 12.5. The number of benzene rings is 1. The first-order valence-corrected chi connectivity index (χ1v) is 5.76. The SMILES string of the molecule is CC(CN(C(=O)O)C(C)C)c1cccc(N)c1. The highest BCUT2D eigenvalue weighted by Gasteiger charge is 2.19. The Labute approximate surface area is 102 Å². The molecule has 17 heavy (non-hydrogen) atoms. The van der Waals surface area contributed by atoms with Crippen LogP contribution in [0.25, 0.3) is 0 Å². The van der Waals surface area contributed by atoms with E-state index in [1.165, 1.54) is 4.90 Å². The molecule has 0 saturated carbocycles. The van der Waals surface area contributed by atoms with Gasteiger partial charge in [-0.15, -0.1) is 0 Å². The molecule has 0 fully saturated rings. The number of hydrogen-bond donors (Lipinski definition) is 2. The van der Waals surface area contributed by atoms with Crippen LogP contribution in [0.3, 0.4) is 0 Å². The molecule has 1 amide bonds. The average Bonchev–Trinajstić information content (AvgIpc) is 2.24. The van der Waals surface area contributed by atoms with Gasteiger partial charge in [0.2, 0.25) is 0 Å². The topological polar surface area (TPSA) is 66.6 Å². The first kappa shape index (κ1) is 13.4. The second-order valence-electron chi connectivity index (χ2n) is 4.60. The molecule has 94 valence electrons. The molecule has 0 saturated heterocycles. The van der Waals surface area contributed by atoms with Gasteiger partial charge in [0.05, 0.1) is 0 Å². The number of rotatable bonds is 4. The summed E-state index contributed by atoms with van der Waals surface area (Å²) >= 11 is 0. The van der Waals surface area contributed by atoms with Crippen LogP contribution in [0.1, 0.15) is 32.3 Å². The van der Waals surface area contributed by atoms with E-state index in [4.69, 9.17) is 10.8 Å². The molecular formula is C13H20N2O2. The van der Waals surface area contributed by atoms with Crippen LogP contribution >= 0.6 is 0 Å². The van der Waals surface area contributed by atoms with Crippen molar-refractivity contribution >= 4 is 11.8 Å². The predicted octanol–water partition coefficient (Wildman–Crippen LogP) is 2.76. The van der Waals surface area contributed by atoms with E-state index in [1.54, 1.807) is 0 Å². The summed E-state index contributed by atoms with van der Waals surface area (Å²) in [6.07, 6.45) is -0.879. The first-order chi connectivity index (χ1) is 7.91. The average molecular weight is 236 g/mol. The van der Waals surface area contributed by atoms with Crippen molar-refractivity contribution in [2.75, 3.05) is 12.3 Å². The fourth-order valence-electron chi connectivity index (χ4n) is 1.78. The molecule has 1 unspecified atom stereocenters. The van der Waals surface area contributed by atoms with E-state index >= 15 is 0 Å². The molecule has 0 aliphatic rings. The Morgan fingerprint density at radius 1 is 1.41 bits per heavy atom. The van der Waals surface area contributed by atoms with Gasteiger partial charge in [0.1, 0.15) is 0 Å². The summed E-state index contributed by atoms with van der Waals surface area (Å²) in [7, 11) is 0. The molecule has 4 nitrogen and oxygen atoms in total. The third-order valence-corrected chi connectivity index (χ3v) is 2.82. The Bertz CT molecular complexity index is 391. The van der Waals surface area contributed by atoms with Gasteiger partial charge in [0, 0.05) is 18.3 Å². The molecule has 1 rings (SSSR count). The highest BCUT2D eigenvalue weighted by molar-refractivity contribution is 5.65. The van der Waals surface area contributed by atoms with Crippen molar-refractivity contribution in [1.82, 2.24) is 4.90 Å². The normalized spacial score (nSPS) is 12.5. The van der Waals surface area contributed by atoms with Crippen molar-refractivity contribution < 1.29 is 9.90 Å². The molecule has 0 aromatic heterocycles. The largest absolute Gasteiger partial charge is 0.465 e. The minimum atomic E-state index is -0.879. The van der Waals surface area contributed by atoms with E-state index in [0.717, 1.165) is 5.56 Å². The van der Waals surface area contributed by atoms with Crippen molar-refractivity contribution in [2.24, 2.45) is 0 Å². The number of carbonyl (C=O) groups is 1. The first-order valence-electron chi connectivity index (χ1n) is 5.76. The number of hydrogen-bond acceptors (Lipinski definition) is 2. The third-order valence-electron chi connectivity index (χ3n) is 2.82. The molecule has 0 aliphatic carbocycles. The summed E-state index contributed by atoms with van der Waals surface area (Å²) in [5, 5.41) is 9.10. The number of nitrogen functional groups attached to an aromatic ring is 1. The summed E-state index contributed by atoms with van der Waals surface area (Å²) in [5.74, 6) is 0.136. The van der Waals surface area contributed by atoms with Gasteiger partial charge in [-0.2, -0.15) is 0 Å². The molecule has 1 atom stereocenters. The summed E-state index contributed by atoms with van der Waals surface area (Å²) < 4.78 is 0. The number of nitrogens with two attached hydrogens (primary N) is 1. The molecule has 1 aromatic rings. The van der Waals surface area contributed by atoms with Crippen LogP contribution in [0.4, 0.5) is 10.5 Å². The molecule has 1 aromatic carbocycles. The lowest BCUT2D eigenvalue weighted by molar-refractivity contribution is 0.129. The van der Waals surface area contributed by atoms with E-state index in [0.29, 0.717) is 12.2 Å². The number of carboxylic acid groups (broad SMARTS) is 1. The van der Waals surface area contributed by atoms with Gasteiger partial charge in [-0.05, 0) is 37.5 Å². The van der Waals surface area contributed by atoms with Crippen LogP contribution < -0.4 is 5.73 Å². The van der Waals surface area contributed by atoms with Gasteiger partial charge in [0.15, 0.2) is 0 Å². The zero-order chi connectivity index (χ0) is 13.0. The Balaban J connectivity index is 2.77. The van der Waals surface area contributed by atoms with Gasteiger partial charge in [-0.3, -0.25) is 0 Å². The molecular weight excluding hydrogens is 216 g/mol. The monoisotopic (exact) mass is 236 g/mol. The summed E-state index contributed by atoms with van der Waals surface area (Å²) in [5.41, 5.74) is 7.49. The molecule has 4 heteroatoms. The standard InChI is InChI=1S/C13H20N2O2/c1-9(2)15(13(16)17)8-10(3)11-5-4-6-12(14)7-11/h4-7,9-10H,8,14H2,1-3H3,(H,16,17). The Morgan fingerprint density at radius 2 is 2.06 bits per heavy atom. The van der Waals surface area contributed by atoms with E-state index < -0.39 is 6.09 Å². The molecule has 0 heterocycles. The van der Waals surface area contributed by atoms with Crippen LogP contribution in [0.5, 0.6) is 0 Å². The maximum absolute atomic E-state index is 11.1. The maximum atomic E-state index is 11.1. The smallest absolute Gasteiger partial charge is 0.407 e. The molecule has 0 aliphatic heterocycles. The zero-order valence-electron chi connectivity index (χ0n) is 10.6. The van der Waals surface area contributed by atoms with Crippen LogP contribution in [0.2, 0.25) is 0 Å². The maximum Gasteiger partial charge on any atom is 0.407 e. The predicted molar refractivity (Wildman–Crippen MR) is 69.1 cm³/mol. The highest BCUT2D eigenvalue weighted by atomic mass is 16.4. The van der Waals surface area contributed by atoms with Crippen molar-refractivity contribution in [3.63, 3.8) is 0 Å². The molecule has 3 N–H and O–H groups in total. The van der Waals surface area contributed by atoms with E-state index in [2.05, 4.69) is 0 Å². The van der Waals surface area contributed by atoms with Crippen LogP contribution in [0.15, 0.2) is 24.3 Å². The highest BCUT2D eigenvalue weighted by Crippen LogP contribution is 2.19. The van der Waals surface area contributed by atoms with E-state index in [9.17, 15) is 4.79 Å². The van der Waals surface area contributed by atoms with E-state index in [1.807, 2.05) is 45.0 Å². The van der Waals surface area contributed by atoms with Crippen LogP contribution in [0, 0.1) is 0 Å². The Hall–Kier alpha value is -1.71. The minimum Gasteiger partial charge on any atom is -0.465 e. The van der Waals surface area contributed by atoms with Crippen LogP contribution in [-0.4, -0.2) is 28.7 Å². The van der Waals surface area contributed by atoms with Crippen LogP contribution in [-0.2, 0) is 0 Å². The second kappa shape index (κ2) is 5.57. The van der Waals surface area contributed by atoms with Gasteiger partial charge < -0.3 is 15.7 Å². The number of nitrogens with zero attached hydrogens (tertiary/aromatic N) is 1. The number of amides is 1. The van der Waals surface area contributed by atoms with Crippen molar-refractivity contribution in [1.29, 1.82) is 0 Å². The van der Waals surface area contributed by atoms with Gasteiger partial charge in [-0.25, -0.2) is 4.79 Å². The summed E-state index contributed by atoms with van der Waals surface area (Å²) in [6, 6.07) is 7.57. The molecule has 0 spiro atoms. The zero-order valence-corrected chi connectivity index (χ0v) is 10.6. The van der Waals surface area contributed by atoms with Gasteiger partial charge in [-0.1, -0.05) is 19.1 Å². The second-order valence-corrected chi connectivity index (χ2v) is 4.60. The van der Waals surface area contributed by atoms with Crippen molar-refractivity contribution in [2.45, 2.75) is 32.7 Å². The Kier molecular flexibility index (Phi) is 4.37. The third kappa shape index (κ3) is 3.66. The summed E-state index contributed by atoms with van der Waals surface area (Å²) in [6.45, 7) is 6.24. The quantitative estimate of drug-likeness (QED) is 0.790. The fraction of sp³-hybridized carbons (Fsp3) is 0.462. The minimum absolute atomic E-state index is 0.0176. The molecule has 0 bridgehead atoms. The van der Waals surface area contributed by atoms with Crippen molar-refractivity contribution in [3.8, 4) is 0 Å². The molecule has 0 radical (unpaired) electrons. The fourth-order valence-corrected chi connectivity index (χ4v) is 1.78. The lowest BCUT2D eigenvalue weighted by Crippen LogP contribution is -2.38.